The minimum absolute atomic E-state index is 0.334. The van der Waals surface area contributed by atoms with Crippen LogP contribution in [0.5, 0.6) is 0 Å². The van der Waals surface area contributed by atoms with E-state index in [2.05, 4.69) is 34.6 Å². The first-order chi connectivity index (χ1) is 13.3. The first-order valence-corrected chi connectivity index (χ1v) is 12.8. The molecular weight excluding hydrogens is 340 g/mol. The van der Waals surface area contributed by atoms with E-state index in [-0.39, 0.29) is 0 Å². The summed E-state index contributed by atoms with van der Waals surface area (Å²) >= 11 is 0. The van der Waals surface area contributed by atoms with Crippen molar-refractivity contribution in [2.75, 3.05) is 0 Å². The smallest absolute Gasteiger partial charge is 0.136 e. The van der Waals surface area contributed by atoms with Crippen LogP contribution in [0.1, 0.15) is 112 Å². The molecular formula is C27H46O. The first kappa shape index (κ1) is 20.9. The highest BCUT2D eigenvalue weighted by Gasteiger charge is 2.61. The van der Waals surface area contributed by atoms with E-state index in [4.69, 9.17) is 0 Å². The van der Waals surface area contributed by atoms with Gasteiger partial charge in [0.1, 0.15) is 5.78 Å². The molecule has 0 heterocycles. The average molecular weight is 387 g/mol. The molecule has 0 amide bonds. The molecule has 1 heteroatoms. The lowest BCUT2D eigenvalue weighted by Gasteiger charge is -2.60. The molecule has 0 N–H and O–H groups in total. The third kappa shape index (κ3) is 3.31. The zero-order chi connectivity index (χ0) is 20.1. The van der Waals surface area contributed by atoms with Crippen LogP contribution in [-0.2, 0) is 4.79 Å². The maximum absolute atomic E-state index is 13.2. The van der Waals surface area contributed by atoms with Crippen molar-refractivity contribution in [2.24, 2.45) is 52.3 Å². The van der Waals surface area contributed by atoms with Crippen molar-refractivity contribution < 1.29 is 4.79 Å². The topological polar surface area (TPSA) is 17.1 Å². The Labute approximate surface area is 174 Å². The minimum Gasteiger partial charge on any atom is -0.299 e. The van der Waals surface area contributed by atoms with Crippen molar-refractivity contribution in [2.45, 2.75) is 112 Å². The van der Waals surface area contributed by atoms with Crippen LogP contribution >= 0.6 is 0 Å². The highest BCUT2D eigenvalue weighted by Crippen LogP contribution is 2.67. The lowest BCUT2D eigenvalue weighted by molar-refractivity contribution is -0.154. The molecule has 0 unspecified atom stereocenters. The molecule has 1 nitrogen and oxygen atoms in total. The largest absolute Gasteiger partial charge is 0.299 e. The van der Waals surface area contributed by atoms with E-state index in [0.717, 1.165) is 36.0 Å². The molecule has 0 saturated heterocycles. The van der Waals surface area contributed by atoms with Gasteiger partial charge in [-0.15, -0.1) is 0 Å². The Balaban J connectivity index is 1.50. The molecule has 0 aromatic rings. The van der Waals surface area contributed by atoms with Crippen molar-refractivity contribution in [3.8, 4) is 0 Å². The Bertz CT molecular complexity index is 579. The Kier molecular flexibility index (Phi) is 5.78. The second-order valence-electron chi connectivity index (χ2n) is 12.4. The second-order valence-corrected chi connectivity index (χ2v) is 12.4. The van der Waals surface area contributed by atoms with Crippen molar-refractivity contribution >= 4 is 5.78 Å². The van der Waals surface area contributed by atoms with E-state index >= 15 is 0 Å². The molecule has 160 valence electrons. The molecule has 0 aromatic carbocycles. The van der Waals surface area contributed by atoms with Crippen LogP contribution in [0.4, 0.5) is 0 Å². The fourth-order valence-corrected chi connectivity index (χ4v) is 9.12. The van der Waals surface area contributed by atoms with Crippen LogP contribution in [0.2, 0.25) is 0 Å². The molecule has 4 aliphatic carbocycles. The summed E-state index contributed by atoms with van der Waals surface area (Å²) in [6, 6.07) is 0. The molecule has 0 spiro atoms. The van der Waals surface area contributed by atoms with Crippen LogP contribution in [0.15, 0.2) is 0 Å². The molecule has 4 rings (SSSR count). The van der Waals surface area contributed by atoms with Crippen molar-refractivity contribution in [1.29, 1.82) is 0 Å². The molecule has 28 heavy (non-hydrogen) atoms. The monoisotopic (exact) mass is 386 g/mol. The predicted molar refractivity (Wildman–Crippen MR) is 118 cm³/mol. The Morgan fingerprint density at radius 3 is 2.39 bits per heavy atom. The fourth-order valence-electron chi connectivity index (χ4n) is 9.12. The van der Waals surface area contributed by atoms with Crippen LogP contribution in [0.25, 0.3) is 0 Å². The average Bonchev–Trinajstić information content (AvgIpc) is 2.99. The van der Waals surface area contributed by atoms with Gasteiger partial charge in [0.15, 0.2) is 0 Å². The Morgan fingerprint density at radius 1 is 0.893 bits per heavy atom. The van der Waals surface area contributed by atoms with E-state index < -0.39 is 0 Å². The molecule has 0 aromatic heterocycles. The zero-order valence-electron chi connectivity index (χ0n) is 19.4. The van der Waals surface area contributed by atoms with Crippen LogP contribution in [0, 0.1) is 52.3 Å². The van der Waals surface area contributed by atoms with E-state index in [1.165, 1.54) is 70.6 Å². The minimum atomic E-state index is 0.334. The standard InChI is InChI=1S/C27H46O/c1-18(2)9-8-10-19(3)21-12-13-22-20-17-25(28)24-11-6-7-15-26(24,4)23(20)14-16-27(21,22)5/h18-24H,6-17H2,1-5H3/t19-,20+,21-,22+,23+,24+,26-,27-/m1/s1. The molecule has 0 radical (unpaired) electrons. The third-order valence-electron chi connectivity index (χ3n) is 10.6. The summed E-state index contributed by atoms with van der Waals surface area (Å²) in [5.41, 5.74) is 0.844. The van der Waals surface area contributed by atoms with Gasteiger partial charge in [0.05, 0.1) is 0 Å². The van der Waals surface area contributed by atoms with Crippen LogP contribution in [0.3, 0.4) is 0 Å². The van der Waals surface area contributed by atoms with E-state index in [9.17, 15) is 4.79 Å². The summed E-state index contributed by atoms with van der Waals surface area (Å²) in [5, 5.41) is 0. The summed E-state index contributed by atoms with van der Waals surface area (Å²) in [6.07, 6.45) is 16.0. The molecule has 4 aliphatic rings. The van der Waals surface area contributed by atoms with Gasteiger partial charge in [-0.1, -0.05) is 66.7 Å². The second kappa shape index (κ2) is 7.73. The Hall–Kier alpha value is -0.330. The molecule has 0 aliphatic heterocycles. The number of Topliss-reactive ketones (excluding diaryl/α,β-unsaturated/α-hetero) is 1. The Morgan fingerprint density at radius 2 is 1.64 bits per heavy atom. The predicted octanol–water partition coefficient (Wildman–Crippen LogP) is 7.68. The maximum atomic E-state index is 13.2. The number of hydrogen-bond donors (Lipinski definition) is 0. The number of fused-ring (bicyclic) bond motifs is 5. The summed E-state index contributed by atoms with van der Waals surface area (Å²) < 4.78 is 0. The van der Waals surface area contributed by atoms with Gasteiger partial charge in [0.2, 0.25) is 0 Å². The highest BCUT2D eigenvalue weighted by molar-refractivity contribution is 5.83. The van der Waals surface area contributed by atoms with Crippen LogP contribution in [-0.4, -0.2) is 5.78 Å². The highest BCUT2D eigenvalue weighted by atomic mass is 16.1. The maximum Gasteiger partial charge on any atom is 0.136 e. The first-order valence-electron chi connectivity index (χ1n) is 12.8. The van der Waals surface area contributed by atoms with Crippen molar-refractivity contribution in [3.05, 3.63) is 0 Å². The third-order valence-corrected chi connectivity index (χ3v) is 10.6. The van der Waals surface area contributed by atoms with Gasteiger partial charge in [-0.05, 0) is 84.9 Å². The summed E-state index contributed by atoms with van der Waals surface area (Å²) in [6.45, 7) is 12.4. The van der Waals surface area contributed by atoms with Gasteiger partial charge in [0.25, 0.3) is 0 Å². The van der Waals surface area contributed by atoms with E-state index in [1.54, 1.807) is 0 Å². The normalized spacial score (nSPS) is 46.8. The number of ketones is 1. The summed E-state index contributed by atoms with van der Waals surface area (Å²) in [7, 11) is 0. The summed E-state index contributed by atoms with van der Waals surface area (Å²) in [4.78, 5) is 13.2. The van der Waals surface area contributed by atoms with Crippen molar-refractivity contribution in [1.82, 2.24) is 0 Å². The molecule has 8 atom stereocenters. The number of carbonyl (C=O) groups excluding carboxylic acids is 1. The van der Waals surface area contributed by atoms with Gasteiger partial charge < -0.3 is 0 Å². The summed E-state index contributed by atoms with van der Waals surface area (Å²) in [5.74, 6) is 6.03. The quantitative estimate of drug-likeness (QED) is 0.473. The lowest BCUT2D eigenvalue weighted by atomic mass is 9.44. The molecule has 4 saturated carbocycles. The zero-order valence-corrected chi connectivity index (χ0v) is 19.4. The SMILES string of the molecule is CC(C)CCC[C@@H](C)[C@H]1CC[C@H]2[C@@H]3CC(=O)[C@@H]4CCCC[C@]4(C)[C@H]3CC[C@]12C. The van der Waals surface area contributed by atoms with E-state index in [1.807, 2.05) is 0 Å². The van der Waals surface area contributed by atoms with Gasteiger partial charge in [-0.25, -0.2) is 0 Å². The van der Waals surface area contributed by atoms with Crippen molar-refractivity contribution in [3.63, 3.8) is 0 Å². The van der Waals surface area contributed by atoms with E-state index in [0.29, 0.717) is 28.4 Å². The number of hydrogen-bond acceptors (Lipinski definition) is 1. The van der Waals surface area contributed by atoms with Gasteiger partial charge in [-0.2, -0.15) is 0 Å². The molecule has 4 fully saturated rings. The number of rotatable bonds is 5. The lowest BCUT2D eigenvalue weighted by Crippen LogP contribution is -2.56. The number of carbonyl (C=O) groups is 1. The molecule has 0 bridgehead atoms. The van der Waals surface area contributed by atoms with Gasteiger partial charge >= 0.3 is 0 Å². The van der Waals surface area contributed by atoms with Crippen LogP contribution < -0.4 is 0 Å². The van der Waals surface area contributed by atoms with Gasteiger partial charge in [0, 0.05) is 12.3 Å². The fraction of sp³-hybridized carbons (Fsp3) is 0.963. The van der Waals surface area contributed by atoms with Gasteiger partial charge in [-0.3, -0.25) is 4.79 Å².